The molecule has 0 spiro atoms. The summed E-state index contributed by atoms with van der Waals surface area (Å²) in [4.78, 5) is 0. The highest BCUT2D eigenvalue weighted by atomic mass is 14.7. The lowest BCUT2D eigenvalue weighted by Gasteiger charge is -2.14. The van der Waals surface area contributed by atoms with Crippen LogP contribution in [0.5, 0.6) is 0 Å². The molecule has 0 aliphatic heterocycles. The summed E-state index contributed by atoms with van der Waals surface area (Å²) in [5.74, 6) is 0.280. The van der Waals surface area contributed by atoms with Gasteiger partial charge in [-0.15, -0.1) is 0 Å². The SMILES string of the molecule is NC1=CC=CC2C=CC=CC2=C1N. The van der Waals surface area contributed by atoms with E-state index in [0.29, 0.717) is 11.4 Å². The lowest BCUT2D eigenvalue weighted by Crippen LogP contribution is -2.14. The summed E-state index contributed by atoms with van der Waals surface area (Å²) < 4.78 is 0. The summed E-state index contributed by atoms with van der Waals surface area (Å²) >= 11 is 0. The van der Waals surface area contributed by atoms with Crippen LogP contribution in [0.15, 0.2) is 59.5 Å². The monoisotopic (exact) mass is 172 g/mol. The third-order valence-corrected chi connectivity index (χ3v) is 2.28. The first kappa shape index (κ1) is 7.92. The van der Waals surface area contributed by atoms with E-state index in [1.807, 2.05) is 30.4 Å². The maximum Gasteiger partial charge on any atom is 0.0589 e. The highest BCUT2D eigenvalue weighted by Crippen LogP contribution is 2.25. The molecule has 0 saturated heterocycles. The van der Waals surface area contributed by atoms with Gasteiger partial charge in [-0.3, -0.25) is 0 Å². The van der Waals surface area contributed by atoms with Crippen LogP contribution in [-0.2, 0) is 0 Å². The number of nitrogens with two attached hydrogens (primary N) is 2. The van der Waals surface area contributed by atoms with Gasteiger partial charge in [-0.1, -0.05) is 36.5 Å². The lowest BCUT2D eigenvalue weighted by molar-refractivity contribution is 0.968. The van der Waals surface area contributed by atoms with E-state index >= 15 is 0 Å². The molecule has 2 rings (SSSR count). The summed E-state index contributed by atoms with van der Waals surface area (Å²) in [5, 5.41) is 0. The van der Waals surface area contributed by atoms with Crippen molar-refractivity contribution in [2.45, 2.75) is 0 Å². The Balaban J connectivity index is 2.52. The molecule has 0 aromatic heterocycles. The number of hydrogen-bond donors (Lipinski definition) is 2. The molecule has 2 nitrogen and oxygen atoms in total. The van der Waals surface area contributed by atoms with Crippen LogP contribution in [0, 0.1) is 5.92 Å². The van der Waals surface area contributed by atoms with Crippen LogP contribution < -0.4 is 11.5 Å². The van der Waals surface area contributed by atoms with E-state index in [1.165, 1.54) is 0 Å². The highest BCUT2D eigenvalue weighted by Gasteiger charge is 2.14. The Hall–Kier alpha value is -1.70. The topological polar surface area (TPSA) is 52.0 Å². The van der Waals surface area contributed by atoms with E-state index in [1.54, 1.807) is 0 Å². The minimum atomic E-state index is 0.280. The van der Waals surface area contributed by atoms with Crippen molar-refractivity contribution in [1.29, 1.82) is 0 Å². The molecule has 2 heteroatoms. The summed E-state index contributed by atoms with van der Waals surface area (Å²) in [6.45, 7) is 0. The molecule has 2 aliphatic rings. The molecule has 66 valence electrons. The van der Waals surface area contributed by atoms with Crippen LogP contribution >= 0.6 is 0 Å². The van der Waals surface area contributed by atoms with Crippen molar-refractivity contribution in [2.75, 3.05) is 0 Å². The second-order valence-corrected chi connectivity index (χ2v) is 3.15. The van der Waals surface area contributed by atoms with Gasteiger partial charge in [0, 0.05) is 5.92 Å². The van der Waals surface area contributed by atoms with Gasteiger partial charge in [-0.05, 0) is 11.6 Å². The van der Waals surface area contributed by atoms with E-state index in [4.69, 9.17) is 11.5 Å². The maximum atomic E-state index is 5.89. The predicted molar refractivity (Wildman–Crippen MR) is 54.4 cm³/mol. The molecule has 0 amide bonds. The standard InChI is InChI=1S/C11H12N2/c12-10-7-3-5-8-4-1-2-6-9(8)11(10)13/h1-8H,12-13H2. The fourth-order valence-electron chi connectivity index (χ4n) is 1.53. The quantitative estimate of drug-likeness (QED) is 0.579. The van der Waals surface area contributed by atoms with Crippen molar-refractivity contribution in [3.05, 3.63) is 59.5 Å². The zero-order valence-electron chi connectivity index (χ0n) is 7.27. The average molecular weight is 172 g/mol. The van der Waals surface area contributed by atoms with Crippen LogP contribution in [0.25, 0.3) is 0 Å². The van der Waals surface area contributed by atoms with Crippen LogP contribution in [0.4, 0.5) is 0 Å². The Morgan fingerprint density at radius 1 is 1.00 bits per heavy atom. The molecule has 4 N–H and O–H groups in total. The molecule has 0 saturated carbocycles. The molecule has 0 radical (unpaired) electrons. The number of hydrogen-bond acceptors (Lipinski definition) is 2. The molecule has 0 aromatic carbocycles. The van der Waals surface area contributed by atoms with E-state index in [0.717, 1.165) is 5.57 Å². The van der Waals surface area contributed by atoms with Crippen LogP contribution in [-0.4, -0.2) is 0 Å². The van der Waals surface area contributed by atoms with Crippen molar-refractivity contribution in [2.24, 2.45) is 17.4 Å². The van der Waals surface area contributed by atoms with Gasteiger partial charge < -0.3 is 11.5 Å². The maximum absolute atomic E-state index is 5.89. The minimum Gasteiger partial charge on any atom is -0.397 e. The van der Waals surface area contributed by atoms with Crippen molar-refractivity contribution >= 4 is 0 Å². The number of fused-ring (bicyclic) bond motifs is 1. The Morgan fingerprint density at radius 2 is 1.77 bits per heavy atom. The predicted octanol–water partition coefficient (Wildman–Crippen LogP) is 1.35. The molecular formula is C11H12N2. The van der Waals surface area contributed by atoms with E-state index in [9.17, 15) is 0 Å². The smallest absolute Gasteiger partial charge is 0.0589 e. The molecule has 0 aromatic rings. The third kappa shape index (κ3) is 1.31. The molecule has 0 fully saturated rings. The van der Waals surface area contributed by atoms with Gasteiger partial charge in [0.25, 0.3) is 0 Å². The Kier molecular flexibility index (Phi) is 1.81. The van der Waals surface area contributed by atoms with Crippen LogP contribution in [0.1, 0.15) is 0 Å². The highest BCUT2D eigenvalue weighted by molar-refractivity contribution is 5.47. The summed E-state index contributed by atoms with van der Waals surface area (Å²) in [6.07, 6.45) is 14.0. The number of allylic oxidation sites excluding steroid dienone is 8. The van der Waals surface area contributed by atoms with Gasteiger partial charge in [0.1, 0.15) is 0 Å². The van der Waals surface area contributed by atoms with Crippen LogP contribution in [0.3, 0.4) is 0 Å². The molecule has 0 bridgehead atoms. The molecule has 2 aliphatic carbocycles. The normalized spacial score (nSPS) is 25.5. The van der Waals surface area contributed by atoms with Crippen molar-refractivity contribution in [3.63, 3.8) is 0 Å². The minimum absolute atomic E-state index is 0.280. The Morgan fingerprint density at radius 3 is 2.62 bits per heavy atom. The average Bonchev–Trinajstić information content (AvgIpc) is 2.29. The van der Waals surface area contributed by atoms with Crippen molar-refractivity contribution < 1.29 is 0 Å². The molecule has 13 heavy (non-hydrogen) atoms. The fourth-order valence-corrected chi connectivity index (χ4v) is 1.53. The van der Waals surface area contributed by atoms with Gasteiger partial charge in [-0.25, -0.2) is 0 Å². The largest absolute Gasteiger partial charge is 0.397 e. The molecule has 1 unspecified atom stereocenters. The van der Waals surface area contributed by atoms with Crippen molar-refractivity contribution in [3.8, 4) is 0 Å². The molecule has 1 atom stereocenters. The molecule has 0 heterocycles. The third-order valence-electron chi connectivity index (χ3n) is 2.28. The summed E-state index contributed by atoms with van der Waals surface area (Å²) in [6, 6.07) is 0. The summed E-state index contributed by atoms with van der Waals surface area (Å²) in [7, 11) is 0. The van der Waals surface area contributed by atoms with E-state index < -0.39 is 0 Å². The summed E-state index contributed by atoms with van der Waals surface area (Å²) in [5.41, 5.74) is 14.1. The fraction of sp³-hybridized carbons (Fsp3) is 0.0909. The second kappa shape index (κ2) is 2.98. The zero-order valence-corrected chi connectivity index (χ0v) is 7.27. The first-order valence-electron chi connectivity index (χ1n) is 4.28. The second-order valence-electron chi connectivity index (χ2n) is 3.15. The van der Waals surface area contributed by atoms with E-state index in [-0.39, 0.29) is 5.92 Å². The number of rotatable bonds is 0. The molecular weight excluding hydrogens is 160 g/mol. The Labute approximate surface area is 77.6 Å². The van der Waals surface area contributed by atoms with Gasteiger partial charge in [0.05, 0.1) is 11.4 Å². The van der Waals surface area contributed by atoms with Gasteiger partial charge >= 0.3 is 0 Å². The van der Waals surface area contributed by atoms with Gasteiger partial charge in [0.15, 0.2) is 0 Å². The van der Waals surface area contributed by atoms with Crippen molar-refractivity contribution in [1.82, 2.24) is 0 Å². The van der Waals surface area contributed by atoms with Crippen LogP contribution in [0.2, 0.25) is 0 Å². The van der Waals surface area contributed by atoms with Gasteiger partial charge in [0.2, 0.25) is 0 Å². The lowest BCUT2D eigenvalue weighted by atomic mass is 9.93. The first-order chi connectivity index (χ1) is 6.29. The Bertz CT molecular complexity index is 368. The van der Waals surface area contributed by atoms with Gasteiger partial charge in [-0.2, -0.15) is 0 Å². The zero-order chi connectivity index (χ0) is 9.26. The van der Waals surface area contributed by atoms with E-state index in [2.05, 4.69) is 12.2 Å². The first-order valence-corrected chi connectivity index (χ1v) is 4.28.